The van der Waals surface area contributed by atoms with Crippen molar-refractivity contribution in [2.75, 3.05) is 17.9 Å². The van der Waals surface area contributed by atoms with Crippen LogP contribution in [0, 0.1) is 0 Å². The highest BCUT2D eigenvalue weighted by Crippen LogP contribution is 2.29. The number of methoxy groups -OCH3 is 1. The average molecular weight is 352 g/mol. The molecule has 0 aliphatic heterocycles. The molecule has 0 fully saturated rings. The van der Waals surface area contributed by atoms with Crippen molar-refractivity contribution >= 4 is 33.5 Å². The largest absolute Gasteiger partial charge is 0.467 e. The summed E-state index contributed by atoms with van der Waals surface area (Å²) in [4.78, 5) is 20.0. The number of hydrogen-bond acceptors (Lipinski definition) is 7. The van der Waals surface area contributed by atoms with Crippen LogP contribution in [-0.2, 0) is 9.53 Å². The van der Waals surface area contributed by atoms with Crippen molar-refractivity contribution in [3.63, 3.8) is 0 Å². The molecule has 0 radical (unpaired) electrons. The fourth-order valence-corrected chi connectivity index (χ4v) is 2.18. The zero-order valence-corrected chi connectivity index (χ0v) is 12.8. The van der Waals surface area contributed by atoms with E-state index in [1.807, 2.05) is 30.3 Å². The molecule has 0 amide bonds. The van der Waals surface area contributed by atoms with Gasteiger partial charge in [-0.15, -0.1) is 0 Å². The maximum absolute atomic E-state index is 12.0. The van der Waals surface area contributed by atoms with E-state index in [-0.39, 0.29) is 0 Å². The number of nitrogens with one attached hydrogen (secondary N) is 2. The van der Waals surface area contributed by atoms with Gasteiger partial charge in [-0.05, 0) is 21.5 Å². The molecule has 0 saturated carbocycles. The van der Waals surface area contributed by atoms with Gasteiger partial charge in [0.1, 0.15) is 16.6 Å². The Morgan fingerprint density at radius 1 is 1.29 bits per heavy atom. The fraction of sp³-hybridized carbons (Fsp3) is 0.154. The van der Waals surface area contributed by atoms with Crippen molar-refractivity contribution < 1.29 is 9.53 Å². The van der Waals surface area contributed by atoms with Crippen molar-refractivity contribution in [1.29, 1.82) is 0 Å². The zero-order chi connectivity index (χ0) is 15.2. The highest BCUT2D eigenvalue weighted by molar-refractivity contribution is 9.10. The van der Waals surface area contributed by atoms with Crippen LogP contribution in [0.3, 0.4) is 0 Å². The lowest BCUT2D eigenvalue weighted by atomic mass is 10.1. The fourth-order valence-electron chi connectivity index (χ4n) is 1.75. The molecule has 1 heterocycles. The number of hydrazine groups is 1. The summed E-state index contributed by atoms with van der Waals surface area (Å²) >= 11 is 3.33. The van der Waals surface area contributed by atoms with Crippen LogP contribution in [0.5, 0.6) is 0 Å². The van der Waals surface area contributed by atoms with Gasteiger partial charge in [-0.3, -0.25) is 0 Å². The lowest BCUT2D eigenvalue weighted by Gasteiger charge is -2.18. The average Bonchev–Trinajstić information content (AvgIpc) is 2.54. The first-order valence-corrected chi connectivity index (χ1v) is 6.83. The third-order valence-electron chi connectivity index (χ3n) is 2.78. The van der Waals surface area contributed by atoms with Gasteiger partial charge in [-0.2, -0.15) is 0 Å². The van der Waals surface area contributed by atoms with Crippen molar-refractivity contribution in [3.8, 4) is 0 Å². The minimum absolute atomic E-state index is 0.407. The maximum Gasteiger partial charge on any atom is 0.333 e. The van der Waals surface area contributed by atoms with Gasteiger partial charge in [0.25, 0.3) is 0 Å². The lowest BCUT2D eigenvalue weighted by Crippen LogP contribution is -2.23. The lowest BCUT2D eigenvalue weighted by molar-refractivity contribution is -0.141. The highest BCUT2D eigenvalue weighted by Gasteiger charge is 2.23. The van der Waals surface area contributed by atoms with E-state index in [4.69, 9.17) is 10.6 Å². The number of benzene rings is 1. The molecule has 0 bridgehead atoms. The first-order valence-electron chi connectivity index (χ1n) is 6.03. The summed E-state index contributed by atoms with van der Waals surface area (Å²) in [6.07, 6.45) is 1.33. The molecule has 0 saturated heterocycles. The number of carbonyl (C=O) groups is 1. The Labute approximate surface area is 130 Å². The summed E-state index contributed by atoms with van der Waals surface area (Å²) in [5.74, 6) is 5.77. The van der Waals surface area contributed by atoms with Gasteiger partial charge in [0.05, 0.1) is 7.11 Å². The molecule has 7 nitrogen and oxygen atoms in total. The molecule has 110 valence electrons. The van der Waals surface area contributed by atoms with Gasteiger partial charge in [-0.25, -0.2) is 20.6 Å². The molecule has 21 heavy (non-hydrogen) atoms. The third kappa shape index (κ3) is 3.47. The van der Waals surface area contributed by atoms with Gasteiger partial charge in [0.15, 0.2) is 11.9 Å². The van der Waals surface area contributed by atoms with E-state index in [0.717, 1.165) is 5.56 Å². The van der Waals surface area contributed by atoms with E-state index in [2.05, 4.69) is 36.6 Å². The van der Waals surface area contributed by atoms with E-state index in [1.165, 1.54) is 13.4 Å². The summed E-state index contributed by atoms with van der Waals surface area (Å²) < 4.78 is 5.36. The van der Waals surface area contributed by atoms with Crippen LogP contribution in [-0.4, -0.2) is 23.0 Å². The van der Waals surface area contributed by atoms with E-state index < -0.39 is 12.0 Å². The molecule has 1 aromatic heterocycles. The predicted octanol–water partition coefficient (Wildman–Crippen LogP) is 1.85. The van der Waals surface area contributed by atoms with E-state index in [9.17, 15) is 4.79 Å². The van der Waals surface area contributed by atoms with Crippen LogP contribution >= 0.6 is 15.9 Å². The Morgan fingerprint density at radius 2 is 1.95 bits per heavy atom. The summed E-state index contributed by atoms with van der Waals surface area (Å²) in [7, 11) is 1.34. The second-order valence-electron chi connectivity index (χ2n) is 4.04. The number of nitrogens with zero attached hydrogens (tertiary/aromatic N) is 2. The number of nitrogens with two attached hydrogens (primary N) is 1. The molecule has 2 rings (SSSR count). The van der Waals surface area contributed by atoms with Crippen LogP contribution in [0.25, 0.3) is 0 Å². The molecule has 0 spiro atoms. The monoisotopic (exact) mass is 351 g/mol. The number of ether oxygens (including phenoxy) is 1. The standard InChI is InChI=1S/C13H14BrN5O2/c1-21-13(20)10(8-5-3-2-4-6-8)18-11-9(14)12(19-15)17-7-16-11/h2-7,10H,15H2,1H3,(H2,16,17,18,19). The number of halogens is 1. The van der Waals surface area contributed by atoms with E-state index in [0.29, 0.717) is 16.1 Å². The van der Waals surface area contributed by atoms with Gasteiger partial charge in [-0.1, -0.05) is 30.3 Å². The molecular formula is C13H14BrN5O2. The van der Waals surface area contributed by atoms with Crippen LogP contribution in [0.4, 0.5) is 11.6 Å². The van der Waals surface area contributed by atoms with E-state index in [1.54, 1.807) is 0 Å². The first kappa shape index (κ1) is 15.2. The van der Waals surface area contributed by atoms with Crippen LogP contribution in [0.15, 0.2) is 41.1 Å². The first-order chi connectivity index (χ1) is 10.2. The number of esters is 1. The van der Waals surface area contributed by atoms with Crippen molar-refractivity contribution in [2.24, 2.45) is 5.84 Å². The molecule has 1 atom stereocenters. The van der Waals surface area contributed by atoms with Gasteiger partial charge in [0, 0.05) is 0 Å². The minimum atomic E-state index is -0.687. The van der Waals surface area contributed by atoms with Gasteiger partial charge >= 0.3 is 5.97 Å². The quantitative estimate of drug-likeness (QED) is 0.429. The smallest absolute Gasteiger partial charge is 0.333 e. The van der Waals surface area contributed by atoms with Crippen LogP contribution in [0.2, 0.25) is 0 Å². The Bertz CT molecular complexity index is 623. The zero-order valence-electron chi connectivity index (χ0n) is 11.2. The molecule has 0 aliphatic rings. The molecule has 1 aromatic carbocycles. The summed E-state index contributed by atoms with van der Waals surface area (Å²) in [6.45, 7) is 0. The summed E-state index contributed by atoms with van der Waals surface area (Å²) in [5, 5.41) is 3.02. The Morgan fingerprint density at radius 3 is 2.57 bits per heavy atom. The molecular weight excluding hydrogens is 338 g/mol. The van der Waals surface area contributed by atoms with Crippen molar-refractivity contribution in [3.05, 3.63) is 46.7 Å². The van der Waals surface area contributed by atoms with Crippen molar-refractivity contribution in [2.45, 2.75) is 6.04 Å². The van der Waals surface area contributed by atoms with E-state index >= 15 is 0 Å². The number of aromatic nitrogens is 2. The van der Waals surface area contributed by atoms with Gasteiger partial charge in [0.2, 0.25) is 0 Å². The highest BCUT2D eigenvalue weighted by atomic mass is 79.9. The van der Waals surface area contributed by atoms with Crippen molar-refractivity contribution in [1.82, 2.24) is 9.97 Å². The maximum atomic E-state index is 12.0. The predicted molar refractivity (Wildman–Crippen MR) is 82.4 cm³/mol. The number of carbonyl (C=O) groups excluding carboxylic acids is 1. The Hall–Kier alpha value is -2.19. The molecule has 8 heteroatoms. The number of hydrogen-bond donors (Lipinski definition) is 3. The molecule has 2 aromatic rings. The summed E-state index contributed by atoms with van der Waals surface area (Å²) in [6, 6.07) is 8.52. The number of rotatable bonds is 5. The summed E-state index contributed by atoms with van der Waals surface area (Å²) in [5.41, 5.74) is 3.20. The second-order valence-corrected chi connectivity index (χ2v) is 4.83. The Balaban J connectivity index is 2.34. The molecule has 1 unspecified atom stereocenters. The topological polar surface area (TPSA) is 102 Å². The number of nitrogen functional groups attached to an aromatic ring is 1. The Kier molecular flexibility index (Phi) is 5.07. The normalized spacial score (nSPS) is 11.6. The van der Waals surface area contributed by atoms with Gasteiger partial charge < -0.3 is 15.5 Å². The van der Waals surface area contributed by atoms with Crippen LogP contribution < -0.4 is 16.6 Å². The SMILES string of the molecule is COC(=O)C(Nc1ncnc(NN)c1Br)c1ccccc1. The molecule has 0 aliphatic carbocycles. The third-order valence-corrected chi connectivity index (χ3v) is 3.53. The minimum Gasteiger partial charge on any atom is -0.467 e. The second kappa shape index (κ2) is 7.00. The molecule has 4 N–H and O–H groups in total. The van der Waals surface area contributed by atoms with Crippen LogP contribution in [0.1, 0.15) is 11.6 Å². The number of anilines is 2.